The van der Waals surface area contributed by atoms with E-state index in [1.165, 1.54) is 12.1 Å². The molecule has 158 valence electrons. The second-order valence-corrected chi connectivity index (χ2v) is 8.11. The predicted octanol–water partition coefficient (Wildman–Crippen LogP) is 5.02. The van der Waals surface area contributed by atoms with Gasteiger partial charge in [-0.2, -0.15) is 0 Å². The van der Waals surface area contributed by atoms with Crippen molar-refractivity contribution in [3.8, 4) is 17.0 Å². The van der Waals surface area contributed by atoms with E-state index in [9.17, 15) is 9.18 Å². The van der Waals surface area contributed by atoms with Gasteiger partial charge in [-0.1, -0.05) is 13.8 Å². The minimum Gasteiger partial charge on any atom is -0.488 e. The summed E-state index contributed by atoms with van der Waals surface area (Å²) in [5.41, 5.74) is 7.43. The number of carbonyl (C=O) groups is 1. The minimum absolute atomic E-state index is 0.160. The topological polar surface area (TPSA) is 87.3 Å². The van der Waals surface area contributed by atoms with Crippen LogP contribution >= 0.6 is 0 Å². The Morgan fingerprint density at radius 2 is 2.00 bits per heavy atom. The molecule has 2 heterocycles. The molecule has 1 unspecified atom stereocenters. The molecule has 0 fully saturated rings. The highest BCUT2D eigenvalue weighted by Gasteiger charge is 2.30. The zero-order valence-corrected chi connectivity index (χ0v) is 17.6. The van der Waals surface area contributed by atoms with Crippen molar-refractivity contribution in [3.63, 3.8) is 0 Å². The first-order chi connectivity index (χ1) is 14.2. The van der Waals surface area contributed by atoms with E-state index >= 15 is 0 Å². The van der Waals surface area contributed by atoms with Gasteiger partial charge >= 0.3 is 6.09 Å². The smallest absolute Gasteiger partial charge is 0.405 e. The second kappa shape index (κ2) is 8.65. The molecule has 3 rings (SSSR count). The highest BCUT2D eigenvalue weighted by molar-refractivity contribution is 5.93. The molecular weight excluding hydrogens is 385 g/mol. The van der Waals surface area contributed by atoms with Gasteiger partial charge in [0, 0.05) is 23.2 Å². The Hall–Kier alpha value is -3.22. The van der Waals surface area contributed by atoms with Crippen molar-refractivity contribution in [2.24, 2.45) is 11.7 Å². The third-order valence-corrected chi connectivity index (χ3v) is 4.76. The molecule has 3 aromatic rings. The quantitative estimate of drug-likeness (QED) is 0.590. The van der Waals surface area contributed by atoms with E-state index in [0.717, 1.165) is 22.2 Å². The van der Waals surface area contributed by atoms with Gasteiger partial charge in [-0.15, -0.1) is 0 Å². The van der Waals surface area contributed by atoms with E-state index in [0.29, 0.717) is 23.6 Å². The summed E-state index contributed by atoms with van der Waals surface area (Å²) in [7, 11) is 0. The van der Waals surface area contributed by atoms with Crippen LogP contribution < -0.4 is 10.5 Å². The van der Waals surface area contributed by atoms with Crippen LogP contribution in [0.15, 0.2) is 42.7 Å². The van der Waals surface area contributed by atoms with Crippen molar-refractivity contribution in [2.45, 2.75) is 39.7 Å². The highest BCUT2D eigenvalue weighted by atomic mass is 19.1. The van der Waals surface area contributed by atoms with Crippen molar-refractivity contribution < 1.29 is 18.7 Å². The number of rotatable bonds is 7. The van der Waals surface area contributed by atoms with Gasteiger partial charge in [0.05, 0.1) is 17.4 Å². The molecule has 1 atom stereocenters. The van der Waals surface area contributed by atoms with Gasteiger partial charge in [0.2, 0.25) is 0 Å². The monoisotopic (exact) mass is 411 g/mol. The summed E-state index contributed by atoms with van der Waals surface area (Å²) in [6.07, 6.45) is 3.06. The summed E-state index contributed by atoms with van der Waals surface area (Å²) >= 11 is 0. The molecule has 1 aromatic carbocycles. The van der Waals surface area contributed by atoms with Crippen molar-refractivity contribution >= 4 is 17.0 Å². The van der Waals surface area contributed by atoms with Crippen LogP contribution in [0, 0.1) is 18.7 Å². The Labute approximate surface area is 175 Å². The Bertz CT molecular complexity index is 1070. The van der Waals surface area contributed by atoms with Crippen LogP contribution in [-0.2, 0) is 4.74 Å². The molecule has 2 N–H and O–H groups in total. The molecule has 0 spiro atoms. The van der Waals surface area contributed by atoms with E-state index in [2.05, 4.69) is 9.97 Å². The fourth-order valence-corrected chi connectivity index (χ4v) is 3.65. The number of nitrogens with two attached hydrogens (primary N) is 1. The maximum absolute atomic E-state index is 13.5. The van der Waals surface area contributed by atoms with Crippen molar-refractivity contribution in [3.05, 3.63) is 54.1 Å². The van der Waals surface area contributed by atoms with Gasteiger partial charge in [0.15, 0.2) is 0 Å². The van der Waals surface area contributed by atoms with Crippen LogP contribution in [0.3, 0.4) is 0 Å². The number of primary amides is 1. The van der Waals surface area contributed by atoms with Crippen LogP contribution in [0.2, 0.25) is 0 Å². The number of ether oxygens (including phenoxy) is 2. The Kier molecular flexibility index (Phi) is 6.20. The van der Waals surface area contributed by atoms with Gasteiger partial charge in [-0.3, -0.25) is 9.97 Å². The lowest BCUT2D eigenvalue weighted by atomic mass is 9.95. The minimum atomic E-state index is -0.837. The summed E-state index contributed by atoms with van der Waals surface area (Å²) < 4.78 is 24.8. The number of benzene rings is 1. The van der Waals surface area contributed by atoms with Gasteiger partial charge in [-0.25, -0.2) is 9.18 Å². The summed E-state index contributed by atoms with van der Waals surface area (Å²) in [5, 5.41) is 0.818. The number of pyridine rings is 2. The zero-order valence-electron chi connectivity index (χ0n) is 17.6. The summed E-state index contributed by atoms with van der Waals surface area (Å²) in [6, 6.07) is 8.27. The normalized spacial score (nSPS) is 13.3. The fraction of sp³-hybridized carbons (Fsp3) is 0.348. The molecule has 0 saturated heterocycles. The van der Waals surface area contributed by atoms with Gasteiger partial charge in [-0.05, 0) is 56.0 Å². The van der Waals surface area contributed by atoms with Gasteiger partial charge in [0.25, 0.3) is 0 Å². The van der Waals surface area contributed by atoms with E-state index < -0.39 is 11.7 Å². The molecule has 2 aromatic heterocycles. The molecule has 30 heavy (non-hydrogen) atoms. The van der Waals surface area contributed by atoms with E-state index in [1.54, 1.807) is 25.4 Å². The summed E-state index contributed by atoms with van der Waals surface area (Å²) in [6.45, 7) is 7.95. The van der Waals surface area contributed by atoms with Crippen LogP contribution in [0.25, 0.3) is 22.2 Å². The standard InChI is InChI=1S/C23H26FN3O3/c1-14(2)11-23(4,30-22(25)28)13-29-21-12-27-19(9-15(21)3)18-7-8-26-20-10-16(24)5-6-17(18)20/h5-10,12,14H,11,13H2,1-4H3,(H2,25,28). The number of carbonyl (C=O) groups excluding carboxylic acids is 1. The first-order valence-electron chi connectivity index (χ1n) is 9.79. The van der Waals surface area contributed by atoms with Crippen molar-refractivity contribution in [2.75, 3.05) is 6.61 Å². The average molecular weight is 411 g/mol. The molecule has 0 aliphatic heterocycles. The Morgan fingerprint density at radius 3 is 2.67 bits per heavy atom. The third-order valence-electron chi connectivity index (χ3n) is 4.76. The van der Waals surface area contributed by atoms with Crippen molar-refractivity contribution in [1.82, 2.24) is 9.97 Å². The largest absolute Gasteiger partial charge is 0.488 e. The lowest BCUT2D eigenvalue weighted by Crippen LogP contribution is -2.41. The first kappa shape index (κ1) is 21.5. The maximum Gasteiger partial charge on any atom is 0.405 e. The second-order valence-electron chi connectivity index (χ2n) is 8.11. The SMILES string of the molecule is Cc1cc(-c2ccnc3cc(F)ccc23)ncc1OCC(C)(CC(C)C)OC(N)=O. The Balaban J connectivity index is 1.85. The zero-order chi connectivity index (χ0) is 21.9. The first-order valence-corrected chi connectivity index (χ1v) is 9.79. The van der Waals surface area contributed by atoms with Crippen LogP contribution in [0.5, 0.6) is 5.75 Å². The number of halogens is 1. The maximum atomic E-state index is 13.5. The molecule has 0 aliphatic rings. The number of hydrogen-bond acceptors (Lipinski definition) is 5. The number of amides is 1. The lowest BCUT2D eigenvalue weighted by molar-refractivity contribution is -0.0188. The number of aryl methyl sites for hydroxylation is 1. The van der Waals surface area contributed by atoms with Crippen molar-refractivity contribution in [1.29, 1.82) is 0 Å². The molecule has 0 saturated carbocycles. The summed E-state index contributed by atoms with van der Waals surface area (Å²) in [5.74, 6) is 0.554. The lowest BCUT2D eigenvalue weighted by Gasteiger charge is -2.30. The number of nitrogens with zero attached hydrogens (tertiary/aromatic N) is 2. The van der Waals surface area contributed by atoms with E-state index in [1.807, 2.05) is 32.9 Å². The molecule has 0 aliphatic carbocycles. The van der Waals surface area contributed by atoms with Crippen LogP contribution in [-0.4, -0.2) is 28.3 Å². The van der Waals surface area contributed by atoms with Gasteiger partial charge < -0.3 is 15.2 Å². The third kappa shape index (κ3) is 5.03. The highest BCUT2D eigenvalue weighted by Crippen LogP contribution is 2.30. The molecule has 0 radical (unpaired) electrons. The number of aromatic nitrogens is 2. The molecule has 6 nitrogen and oxygen atoms in total. The number of hydrogen-bond donors (Lipinski definition) is 1. The predicted molar refractivity (Wildman–Crippen MR) is 114 cm³/mol. The van der Waals surface area contributed by atoms with Gasteiger partial charge in [0.1, 0.15) is 23.8 Å². The molecule has 0 bridgehead atoms. The molecule has 7 heteroatoms. The number of fused-ring (bicyclic) bond motifs is 1. The fourth-order valence-electron chi connectivity index (χ4n) is 3.65. The molecule has 1 amide bonds. The summed E-state index contributed by atoms with van der Waals surface area (Å²) in [4.78, 5) is 20.1. The molecular formula is C23H26FN3O3. The average Bonchev–Trinajstić information content (AvgIpc) is 2.65. The van der Waals surface area contributed by atoms with E-state index in [-0.39, 0.29) is 12.4 Å². The van der Waals surface area contributed by atoms with E-state index in [4.69, 9.17) is 15.2 Å². The van der Waals surface area contributed by atoms with Crippen LogP contribution in [0.1, 0.15) is 32.8 Å². The Morgan fingerprint density at radius 1 is 1.23 bits per heavy atom. The van der Waals surface area contributed by atoms with Crippen LogP contribution in [0.4, 0.5) is 9.18 Å².